The Morgan fingerprint density at radius 1 is 0.375 bits per heavy atom. The molecule has 0 fully saturated rings. The van der Waals surface area contributed by atoms with Crippen LogP contribution in [-0.4, -0.2) is 28.0 Å². The largest absolute Gasteiger partial charge is 0.456 e. The molecule has 0 spiro atoms. The van der Waals surface area contributed by atoms with E-state index in [9.17, 15) is 0 Å². The van der Waals surface area contributed by atoms with E-state index >= 15 is 0 Å². The van der Waals surface area contributed by atoms with Crippen molar-refractivity contribution in [3.63, 3.8) is 0 Å². The molecule has 3 aromatic heterocycles. The highest BCUT2D eigenvalue weighted by Crippen LogP contribution is 2.36. The SMILES string of the molecule is c1ccc(-c2ccc(-c3nc(-c4cccc([Si](c5ccccc5)(c5ccccc5)c5cccnc5)c4)nc(-c4cccc5oc6ccccc6c45)n3)cc2)cc1. The summed E-state index contributed by atoms with van der Waals surface area (Å²) in [6, 6.07) is 67.8. The molecule has 0 aliphatic carbocycles. The average molecular weight is 735 g/mol. The second kappa shape index (κ2) is 14.2. The van der Waals surface area contributed by atoms with E-state index in [4.69, 9.17) is 19.4 Å². The molecule has 0 aliphatic heterocycles. The van der Waals surface area contributed by atoms with Crippen LogP contribution in [0, 0.1) is 0 Å². The summed E-state index contributed by atoms with van der Waals surface area (Å²) in [6.07, 6.45) is 3.88. The van der Waals surface area contributed by atoms with Crippen molar-refractivity contribution < 1.29 is 4.42 Å². The lowest BCUT2D eigenvalue weighted by Gasteiger charge is -2.34. The molecule has 10 aromatic rings. The molecule has 7 aromatic carbocycles. The average Bonchev–Trinajstić information content (AvgIpc) is 3.67. The summed E-state index contributed by atoms with van der Waals surface area (Å²) < 4.78 is 6.31. The van der Waals surface area contributed by atoms with Crippen LogP contribution in [0.4, 0.5) is 0 Å². The van der Waals surface area contributed by atoms with Gasteiger partial charge >= 0.3 is 0 Å². The summed E-state index contributed by atoms with van der Waals surface area (Å²) in [5.41, 5.74) is 6.61. The van der Waals surface area contributed by atoms with Gasteiger partial charge in [0, 0.05) is 39.9 Å². The standard InChI is InChI=1S/C50H34N4OSi/c1-4-15-35(16-5-1)36-28-30-37(31-29-36)48-52-49(54-50(53-48)44-25-13-27-46-47(44)43-24-10-11-26-45(43)55-46)38-17-12-22-41(33-38)56(39-18-6-2-7-19-39,40-20-8-3-9-21-40)42-23-14-32-51-34-42/h1-34H. The molecule has 0 N–H and O–H groups in total. The molecule has 0 atom stereocenters. The fourth-order valence-electron chi connectivity index (χ4n) is 8.01. The number of pyridine rings is 1. The van der Waals surface area contributed by atoms with Crippen molar-refractivity contribution in [1.82, 2.24) is 19.9 Å². The Kier molecular flexibility index (Phi) is 8.43. The maximum Gasteiger partial charge on any atom is 0.181 e. The number of hydrogen-bond acceptors (Lipinski definition) is 5. The van der Waals surface area contributed by atoms with Gasteiger partial charge in [0.05, 0.1) is 0 Å². The molecule has 0 saturated carbocycles. The van der Waals surface area contributed by atoms with E-state index in [1.165, 1.54) is 20.7 Å². The first-order valence-corrected chi connectivity index (χ1v) is 20.7. The van der Waals surface area contributed by atoms with Crippen molar-refractivity contribution in [2.75, 3.05) is 0 Å². The van der Waals surface area contributed by atoms with Crippen LogP contribution in [0.25, 0.3) is 67.2 Å². The van der Waals surface area contributed by atoms with E-state index in [0.29, 0.717) is 17.5 Å². The molecule has 0 amide bonds. The maximum atomic E-state index is 6.31. The van der Waals surface area contributed by atoms with Crippen molar-refractivity contribution in [2.24, 2.45) is 0 Å². The van der Waals surface area contributed by atoms with Gasteiger partial charge < -0.3 is 4.42 Å². The number of para-hydroxylation sites is 1. The Balaban J connectivity index is 1.20. The van der Waals surface area contributed by atoms with Crippen LogP contribution >= 0.6 is 0 Å². The van der Waals surface area contributed by atoms with E-state index in [0.717, 1.165) is 49.8 Å². The molecule has 6 heteroatoms. The summed E-state index contributed by atoms with van der Waals surface area (Å²) in [7, 11) is -2.86. The third-order valence-electron chi connectivity index (χ3n) is 10.6. The van der Waals surface area contributed by atoms with Crippen LogP contribution in [0.15, 0.2) is 211 Å². The van der Waals surface area contributed by atoms with Gasteiger partial charge in [-0.15, -0.1) is 0 Å². The fourth-order valence-corrected chi connectivity index (χ4v) is 12.7. The highest BCUT2D eigenvalue weighted by molar-refractivity contribution is 7.19. The Bertz CT molecular complexity index is 2860. The van der Waals surface area contributed by atoms with Crippen LogP contribution in [0.5, 0.6) is 0 Å². The highest BCUT2D eigenvalue weighted by atomic mass is 28.3. The van der Waals surface area contributed by atoms with Crippen molar-refractivity contribution in [3.8, 4) is 45.3 Å². The summed E-state index contributed by atoms with van der Waals surface area (Å²) >= 11 is 0. The second-order valence-corrected chi connectivity index (χ2v) is 17.6. The first kappa shape index (κ1) is 33.3. The molecule has 0 bridgehead atoms. The Labute approximate surface area is 325 Å². The van der Waals surface area contributed by atoms with Crippen LogP contribution in [0.3, 0.4) is 0 Å². The predicted octanol–water partition coefficient (Wildman–Crippen LogP) is 9.21. The maximum absolute atomic E-state index is 6.31. The number of hydrogen-bond donors (Lipinski definition) is 0. The van der Waals surface area contributed by atoms with Crippen molar-refractivity contribution in [3.05, 3.63) is 207 Å². The van der Waals surface area contributed by atoms with Crippen LogP contribution in [-0.2, 0) is 0 Å². The zero-order chi connectivity index (χ0) is 37.3. The first-order valence-electron chi connectivity index (χ1n) is 18.7. The van der Waals surface area contributed by atoms with Crippen molar-refractivity contribution in [2.45, 2.75) is 0 Å². The first-order chi connectivity index (χ1) is 27.8. The van der Waals surface area contributed by atoms with Gasteiger partial charge in [-0.2, -0.15) is 0 Å². The molecular weight excluding hydrogens is 701 g/mol. The second-order valence-electron chi connectivity index (χ2n) is 13.8. The van der Waals surface area contributed by atoms with Gasteiger partial charge in [-0.1, -0.05) is 176 Å². The third-order valence-corrected chi connectivity index (χ3v) is 15.3. The van der Waals surface area contributed by atoms with Gasteiger partial charge in [-0.05, 0) is 50.1 Å². The zero-order valence-corrected chi connectivity index (χ0v) is 31.3. The van der Waals surface area contributed by atoms with Crippen molar-refractivity contribution in [1.29, 1.82) is 0 Å². The number of benzene rings is 7. The van der Waals surface area contributed by atoms with Crippen LogP contribution in [0.1, 0.15) is 0 Å². The minimum atomic E-state index is -2.86. The Morgan fingerprint density at radius 3 is 1.62 bits per heavy atom. The lowest BCUT2D eigenvalue weighted by Crippen LogP contribution is -2.74. The number of nitrogens with zero attached hydrogens (tertiary/aromatic N) is 4. The van der Waals surface area contributed by atoms with E-state index < -0.39 is 8.07 Å². The molecule has 3 heterocycles. The Hall–Kier alpha value is -7.28. The molecule has 264 valence electrons. The molecular formula is C50H34N4OSi. The van der Waals surface area contributed by atoms with Gasteiger partial charge in [0.25, 0.3) is 0 Å². The van der Waals surface area contributed by atoms with Gasteiger partial charge in [-0.3, -0.25) is 4.98 Å². The molecule has 0 unspecified atom stereocenters. The normalized spacial score (nSPS) is 11.6. The zero-order valence-electron chi connectivity index (χ0n) is 30.3. The lowest BCUT2D eigenvalue weighted by atomic mass is 10.0. The van der Waals surface area contributed by atoms with Gasteiger partial charge in [0.2, 0.25) is 0 Å². The quantitative estimate of drug-likeness (QED) is 0.115. The number of fused-ring (bicyclic) bond motifs is 3. The van der Waals surface area contributed by atoms with E-state index in [2.05, 4.69) is 157 Å². The lowest BCUT2D eigenvalue weighted by molar-refractivity contribution is 0.669. The molecule has 56 heavy (non-hydrogen) atoms. The number of furan rings is 1. The van der Waals surface area contributed by atoms with Gasteiger partial charge in [0.1, 0.15) is 11.2 Å². The Morgan fingerprint density at radius 2 is 0.911 bits per heavy atom. The third kappa shape index (κ3) is 5.80. The summed E-state index contributed by atoms with van der Waals surface area (Å²) in [5, 5.41) is 6.95. The van der Waals surface area contributed by atoms with Gasteiger partial charge in [0.15, 0.2) is 25.5 Å². The topological polar surface area (TPSA) is 64.7 Å². The van der Waals surface area contributed by atoms with E-state index in [1.54, 1.807) is 0 Å². The molecule has 0 radical (unpaired) electrons. The molecule has 0 saturated heterocycles. The monoisotopic (exact) mass is 734 g/mol. The molecule has 0 aliphatic rings. The van der Waals surface area contributed by atoms with E-state index in [-0.39, 0.29) is 0 Å². The summed E-state index contributed by atoms with van der Waals surface area (Å²) in [6.45, 7) is 0. The smallest absolute Gasteiger partial charge is 0.181 e. The fraction of sp³-hybridized carbons (Fsp3) is 0. The van der Waals surface area contributed by atoms with Crippen LogP contribution in [0.2, 0.25) is 0 Å². The number of aromatic nitrogens is 4. The summed E-state index contributed by atoms with van der Waals surface area (Å²) in [4.78, 5) is 20.4. The number of rotatable bonds is 8. The highest BCUT2D eigenvalue weighted by Gasteiger charge is 2.41. The molecule has 5 nitrogen and oxygen atoms in total. The van der Waals surface area contributed by atoms with Crippen molar-refractivity contribution >= 4 is 50.8 Å². The molecule has 10 rings (SSSR count). The van der Waals surface area contributed by atoms with Crippen LogP contribution < -0.4 is 20.7 Å². The minimum Gasteiger partial charge on any atom is -0.456 e. The van der Waals surface area contributed by atoms with Gasteiger partial charge in [-0.25, -0.2) is 15.0 Å². The van der Waals surface area contributed by atoms with E-state index in [1.807, 2.05) is 54.9 Å². The summed E-state index contributed by atoms with van der Waals surface area (Å²) in [5.74, 6) is 1.78. The minimum absolute atomic E-state index is 0.585. The predicted molar refractivity (Wildman–Crippen MR) is 230 cm³/mol.